The van der Waals surface area contributed by atoms with Gasteiger partial charge in [-0.25, -0.2) is 12.7 Å². The fourth-order valence-electron chi connectivity index (χ4n) is 1.54. The van der Waals surface area contributed by atoms with Crippen molar-refractivity contribution in [3.05, 3.63) is 0 Å². The van der Waals surface area contributed by atoms with Gasteiger partial charge in [0.05, 0.1) is 18.8 Å². The van der Waals surface area contributed by atoms with Crippen LogP contribution in [0.2, 0.25) is 0 Å². The molecule has 0 unspecified atom stereocenters. The van der Waals surface area contributed by atoms with Crippen molar-refractivity contribution in [2.75, 3.05) is 25.4 Å². The summed E-state index contributed by atoms with van der Waals surface area (Å²) in [5.74, 6) is -0.577. The van der Waals surface area contributed by atoms with Gasteiger partial charge in [-0.2, -0.15) is 0 Å². The Hall–Kier alpha value is -0.620. The van der Waals surface area contributed by atoms with E-state index in [0.717, 1.165) is 12.8 Å². The highest BCUT2D eigenvalue weighted by Gasteiger charge is 2.25. The minimum atomic E-state index is -3.24. The summed E-state index contributed by atoms with van der Waals surface area (Å²) < 4.78 is 29.4. The van der Waals surface area contributed by atoms with E-state index in [4.69, 9.17) is 0 Å². The molecular formula is C9H17NO4S. The lowest BCUT2D eigenvalue weighted by atomic mass is 10.4. The summed E-state index contributed by atoms with van der Waals surface area (Å²) in [6, 6.07) is 0. The summed E-state index contributed by atoms with van der Waals surface area (Å²) in [5.41, 5.74) is 0. The average molecular weight is 235 g/mol. The second-order valence-corrected chi connectivity index (χ2v) is 5.57. The highest BCUT2D eigenvalue weighted by atomic mass is 32.2. The highest BCUT2D eigenvalue weighted by Crippen LogP contribution is 2.13. The molecule has 0 saturated carbocycles. The fraction of sp³-hybridized carbons (Fsp3) is 0.889. The van der Waals surface area contributed by atoms with E-state index < -0.39 is 16.0 Å². The Morgan fingerprint density at radius 1 is 1.33 bits per heavy atom. The predicted octanol–water partition coefficient (Wildman–Crippen LogP) is 0.365. The molecular weight excluding hydrogens is 218 g/mol. The fourth-order valence-corrected chi connectivity index (χ4v) is 3.04. The van der Waals surface area contributed by atoms with Crippen LogP contribution in [0.5, 0.6) is 0 Å². The minimum absolute atomic E-state index is 0.0489. The lowest BCUT2D eigenvalue weighted by molar-refractivity contribution is -0.142. The first-order valence-electron chi connectivity index (χ1n) is 5.19. The minimum Gasteiger partial charge on any atom is -0.466 e. The summed E-state index contributed by atoms with van der Waals surface area (Å²) in [6.45, 7) is 3.17. The van der Waals surface area contributed by atoms with Gasteiger partial charge in [0.2, 0.25) is 10.0 Å². The molecule has 0 N–H and O–H groups in total. The Morgan fingerprint density at radius 3 is 2.47 bits per heavy atom. The Kier molecular flexibility index (Phi) is 4.53. The first-order chi connectivity index (χ1) is 7.06. The highest BCUT2D eigenvalue weighted by molar-refractivity contribution is 7.89. The molecule has 0 aromatic carbocycles. The van der Waals surface area contributed by atoms with E-state index in [9.17, 15) is 13.2 Å². The van der Waals surface area contributed by atoms with Gasteiger partial charge in [0.1, 0.15) is 0 Å². The van der Waals surface area contributed by atoms with Crippen LogP contribution in [0.3, 0.4) is 0 Å². The van der Waals surface area contributed by atoms with Crippen molar-refractivity contribution >= 4 is 16.0 Å². The van der Waals surface area contributed by atoms with Crippen molar-refractivity contribution < 1.29 is 17.9 Å². The second-order valence-electron chi connectivity index (χ2n) is 3.48. The maximum absolute atomic E-state index is 11.7. The van der Waals surface area contributed by atoms with Crippen LogP contribution in [0.15, 0.2) is 0 Å². The number of ether oxygens (including phenoxy) is 1. The number of nitrogens with zero attached hydrogens (tertiary/aromatic N) is 1. The molecule has 1 aliphatic heterocycles. The van der Waals surface area contributed by atoms with Crippen molar-refractivity contribution in [1.29, 1.82) is 0 Å². The molecule has 0 aromatic heterocycles. The van der Waals surface area contributed by atoms with Crippen molar-refractivity contribution in [3.8, 4) is 0 Å². The van der Waals surface area contributed by atoms with Crippen molar-refractivity contribution in [1.82, 2.24) is 4.31 Å². The normalized spacial score (nSPS) is 17.9. The Morgan fingerprint density at radius 2 is 1.93 bits per heavy atom. The summed E-state index contributed by atoms with van der Waals surface area (Å²) in [7, 11) is -3.24. The zero-order valence-electron chi connectivity index (χ0n) is 8.94. The first-order valence-corrected chi connectivity index (χ1v) is 6.80. The number of carbonyl (C=O) groups excluding carboxylic acids is 1. The van der Waals surface area contributed by atoms with Gasteiger partial charge >= 0.3 is 5.97 Å². The van der Waals surface area contributed by atoms with Gasteiger partial charge in [0, 0.05) is 13.1 Å². The number of carbonyl (C=O) groups is 1. The van der Waals surface area contributed by atoms with Gasteiger partial charge in [-0.15, -0.1) is 0 Å². The molecule has 5 nitrogen and oxygen atoms in total. The largest absolute Gasteiger partial charge is 0.466 e. The van der Waals surface area contributed by atoms with E-state index in [0.29, 0.717) is 19.7 Å². The third kappa shape index (κ3) is 3.79. The van der Waals surface area contributed by atoms with Gasteiger partial charge in [-0.3, -0.25) is 4.79 Å². The van der Waals surface area contributed by atoms with Crippen molar-refractivity contribution in [2.45, 2.75) is 26.2 Å². The van der Waals surface area contributed by atoms with Gasteiger partial charge in [0.25, 0.3) is 0 Å². The van der Waals surface area contributed by atoms with Crippen LogP contribution in [0.25, 0.3) is 0 Å². The number of hydrogen-bond acceptors (Lipinski definition) is 4. The molecule has 88 valence electrons. The molecule has 0 bridgehead atoms. The molecule has 6 heteroatoms. The lowest BCUT2D eigenvalue weighted by Gasteiger charge is -2.14. The zero-order chi connectivity index (χ0) is 11.3. The molecule has 1 saturated heterocycles. The quantitative estimate of drug-likeness (QED) is 0.646. The predicted molar refractivity (Wildman–Crippen MR) is 55.8 cm³/mol. The van der Waals surface area contributed by atoms with Crippen LogP contribution >= 0.6 is 0 Å². The topological polar surface area (TPSA) is 63.7 Å². The number of hydrogen-bond donors (Lipinski definition) is 0. The van der Waals surface area contributed by atoms with E-state index in [-0.39, 0.29) is 12.2 Å². The van der Waals surface area contributed by atoms with Gasteiger partial charge in [0.15, 0.2) is 0 Å². The maximum Gasteiger partial charge on any atom is 0.306 e. The van der Waals surface area contributed by atoms with Gasteiger partial charge < -0.3 is 4.74 Å². The number of sulfonamides is 1. The van der Waals surface area contributed by atoms with Crippen LogP contribution in [0.1, 0.15) is 26.2 Å². The molecule has 1 fully saturated rings. The van der Waals surface area contributed by atoms with Gasteiger partial charge in [-0.05, 0) is 19.8 Å². The Balaban J connectivity index is 2.39. The van der Waals surface area contributed by atoms with Crippen LogP contribution in [0, 0.1) is 0 Å². The summed E-state index contributed by atoms with van der Waals surface area (Å²) in [4.78, 5) is 11.0. The molecule has 0 spiro atoms. The molecule has 0 atom stereocenters. The second kappa shape index (κ2) is 5.46. The van der Waals surface area contributed by atoms with E-state index in [1.54, 1.807) is 6.92 Å². The van der Waals surface area contributed by atoms with Gasteiger partial charge in [-0.1, -0.05) is 0 Å². The van der Waals surface area contributed by atoms with Crippen molar-refractivity contribution in [2.24, 2.45) is 0 Å². The monoisotopic (exact) mass is 235 g/mol. The Bertz CT molecular complexity index is 306. The third-order valence-electron chi connectivity index (χ3n) is 2.33. The van der Waals surface area contributed by atoms with E-state index >= 15 is 0 Å². The summed E-state index contributed by atoms with van der Waals surface area (Å²) in [5, 5.41) is 0. The molecule has 0 amide bonds. The SMILES string of the molecule is CCOC(=O)CCS(=O)(=O)N1CCCC1. The van der Waals surface area contributed by atoms with E-state index in [1.165, 1.54) is 4.31 Å². The lowest BCUT2D eigenvalue weighted by Crippen LogP contribution is -2.31. The standard InChI is InChI=1S/C9H17NO4S/c1-2-14-9(11)5-8-15(12,13)10-6-3-4-7-10/h2-8H2,1H3. The molecule has 0 aromatic rings. The van der Waals surface area contributed by atoms with Crippen LogP contribution in [-0.2, 0) is 19.6 Å². The van der Waals surface area contributed by atoms with Crippen LogP contribution in [0.4, 0.5) is 0 Å². The molecule has 1 rings (SSSR count). The zero-order valence-corrected chi connectivity index (χ0v) is 9.75. The Labute approximate surface area is 90.4 Å². The summed E-state index contributed by atoms with van der Waals surface area (Å²) in [6.07, 6.45) is 1.78. The number of esters is 1. The first kappa shape index (κ1) is 12.4. The smallest absolute Gasteiger partial charge is 0.306 e. The van der Waals surface area contributed by atoms with E-state index in [2.05, 4.69) is 4.74 Å². The molecule has 1 aliphatic rings. The molecule has 0 radical (unpaired) electrons. The average Bonchev–Trinajstić information content (AvgIpc) is 2.69. The molecule has 1 heterocycles. The van der Waals surface area contributed by atoms with Crippen LogP contribution in [-0.4, -0.2) is 44.1 Å². The number of rotatable bonds is 5. The van der Waals surface area contributed by atoms with E-state index in [1.807, 2.05) is 0 Å². The maximum atomic E-state index is 11.7. The third-order valence-corrected chi connectivity index (χ3v) is 4.20. The van der Waals surface area contributed by atoms with Crippen LogP contribution < -0.4 is 0 Å². The molecule has 0 aliphatic carbocycles. The summed E-state index contributed by atoms with van der Waals surface area (Å²) >= 11 is 0. The molecule has 15 heavy (non-hydrogen) atoms. The van der Waals surface area contributed by atoms with Crippen molar-refractivity contribution in [3.63, 3.8) is 0 Å².